The van der Waals surface area contributed by atoms with E-state index >= 15 is 0 Å². The Morgan fingerprint density at radius 2 is 2.00 bits per heavy atom. The molecule has 2 rings (SSSR count). The van der Waals surface area contributed by atoms with Crippen molar-refractivity contribution in [3.05, 3.63) is 35.4 Å². The summed E-state index contributed by atoms with van der Waals surface area (Å²) in [6.07, 6.45) is 0.673. The molecule has 1 fully saturated rings. The van der Waals surface area contributed by atoms with Gasteiger partial charge in [0, 0.05) is 18.2 Å². The number of rotatable bonds is 5. The Kier molecular flexibility index (Phi) is 5.44. The number of nitrogens with zero attached hydrogens (tertiary/aromatic N) is 1. The molecule has 3 N–H and O–H groups in total. The van der Waals surface area contributed by atoms with Crippen LogP contribution in [0.4, 0.5) is 8.78 Å². The van der Waals surface area contributed by atoms with E-state index in [2.05, 4.69) is 16.2 Å². The molecule has 0 radical (unpaired) electrons. The van der Waals surface area contributed by atoms with Gasteiger partial charge in [-0.25, -0.2) is 14.2 Å². The van der Waals surface area contributed by atoms with E-state index in [4.69, 9.17) is 0 Å². The second-order valence-corrected chi connectivity index (χ2v) is 5.84. The first-order valence-electron chi connectivity index (χ1n) is 7.29. The third-order valence-electron chi connectivity index (χ3n) is 3.84. The normalized spacial score (nSPS) is 22.8. The highest BCUT2D eigenvalue weighted by Crippen LogP contribution is 2.24. The Morgan fingerprint density at radius 3 is 2.50 bits per heavy atom. The van der Waals surface area contributed by atoms with Crippen molar-refractivity contribution in [1.29, 1.82) is 0 Å². The predicted octanol–water partition coefficient (Wildman–Crippen LogP) is 0.939. The monoisotopic (exact) mass is 312 g/mol. The van der Waals surface area contributed by atoms with Gasteiger partial charge in [0.05, 0.1) is 6.04 Å². The number of likely N-dealkylation sites (N-methyl/N-ethyl adjacent to an activating group) is 1. The van der Waals surface area contributed by atoms with E-state index in [9.17, 15) is 13.6 Å². The lowest BCUT2D eigenvalue weighted by Crippen LogP contribution is -2.45. The van der Waals surface area contributed by atoms with Gasteiger partial charge in [-0.1, -0.05) is 6.07 Å². The summed E-state index contributed by atoms with van der Waals surface area (Å²) in [5, 5.41) is 2.76. The summed E-state index contributed by atoms with van der Waals surface area (Å²) in [5.41, 5.74) is 5.84. The van der Waals surface area contributed by atoms with Crippen molar-refractivity contribution in [2.24, 2.45) is 0 Å². The SMILES string of the molecule is CC1CC(C(=O)NCC(c2c(F)cccc2F)N(C)C)NN1. The third-order valence-corrected chi connectivity index (χ3v) is 3.84. The van der Waals surface area contributed by atoms with Crippen LogP contribution in [0.3, 0.4) is 0 Å². The number of benzene rings is 1. The molecule has 1 aromatic carbocycles. The van der Waals surface area contributed by atoms with Crippen molar-refractivity contribution in [2.75, 3.05) is 20.6 Å². The van der Waals surface area contributed by atoms with Crippen molar-refractivity contribution >= 4 is 5.91 Å². The molecule has 3 atom stereocenters. The highest BCUT2D eigenvalue weighted by molar-refractivity contribution is 5.82. The van der Waals surface area contributed by atoms with E-state index < -0.39 is 17.7 Å². The number of nitrogens with one attached hydrogen (secondary N) is 3. The van der Waals surface area contributed by atoms with Crippen molar-refractivity contribution in [3.8, 4) is 0 Å². The summed E-state index contributed by atoms with van der Waals surface area (Å²) in [6.45, 7) is 2.11. The van der Waals surface area contributed by atoms with E-state index in [0.717, 1.165) is 0 Å². The highest BCUT2D eigenvalue weighted by Gasteiger charge is 2.28. The Hall–Kier alpha value is -1.57. The Bertz CT molecular complexity index is 518. The summed E-state index contributed by atoms with van der Waals surface area (Å²) in [4.78, 5) is 13.8. The van der Waals surface area contributed by atoms with E-state index in [0.29, 0.717) is 6.42 Å². The molecule has 1 aliphatic rings. The first kappa shape index (κ1) is 16.8. The number of amides is 1. The van der Waals surface area contributed by atoms with Crippen LogP contribution in [-0.2, 0) is 4.79 Å². The van der Waals surface area contributed by atoms with Gasteiger partial charge < -0.3 is 10.2 Å². The molecule has 1 aromatic rings. The van der Waals surface area contributed by atoms with E-state index in [1.165, 1.54) is 18.2 Å². The molecule has 1 aliphatic heterocycles. The second-order valence-electron chi connectivity index (χ2n) is 5.84. The minimum Gasteiger partial charge on any atom is -0.353 e. The number of halogens is 2. The van der Waals surface area contributed by atoms with Crippen LogP contribution in [-0.4, -0.2) is 43.5 Å². The minimum atomic E-state index is -0.609. The number of carbonyl (C=O) groups is 1. The second kappa shape index (κ2) is 7.13. The maximum atomic E-state index is 13.9. The molecule has 122 valence electrons. The molecule has 1 saturated heterocycles. The van der Waals surface area contributed by atoms with Gasteiger partial charge in [-0.05, 0) is 39.6 Å². The molecule has 0 spiro atoms. The van der Waals surface area contributed by atoms with Crippen molar-refractivity contribution < 1.29 is 13.6 Å². The first-order chi connectivity index (χ1) is 10.4. The third kappa shape index (κ3) is 3.79. The fourth-order valence-electron chi connectivity index (χ4n) is 2.58. The molecule has 7 heteroatoms. The average Bonchev–Trinajstić information content (AvgIpc) is 2.88. The molecule has 0 aromatic heterocycles. The number of carbonyl (C=O) groups excluding carboxylic acids is 1. The van der Waals surface area contributed by atoms with E-state index in [1.807, 2.05) is 6.92 Å². The topological polar surface area (TPSA) is 56.4 Å². The Morgan fingerprint density at radius 1 is 1.36 bits per heavy atom. The van der Waals surface area contributed by atoms with Crippen LogP contribution in [0.2, 0.25) is 0 Å². The van der Waals surface area contributed by atoms with Crippen LogP contribution in [0, 0.1) is 11.6 Å². The highest BCUT2D eigenvalue weighted by atomic mass is 19.1. The van der Waals surface area contributed by atoms with Gasteiger partial charge in [0.1, 0.15) is 17.7 Å². The number of hydrogen-bond donors (Lipinski definition) is 3. The molecular formula is C15H22F2N4O. The summed E-state index contributed by atoms with van der Waals surface area (Å²) in [5.74, 6) is -1.40. The lowest BCUT2D eigenvalue weighted by molar-refractivity contribution is -0.123. The van der Waals surface area contributed by atoms with Gasteiger partial charge >= 0.3 is 0 Å². The maximum Gasteiger partial charge on any atom is 0.238 e. The largest absolute Gasteiger partial charge is 0.353 e. The lowest BCUT2D eigenvalue weighted by Gasteiger charge is -2.26. The van der Waals surface area contributed by atoms with Crippen LogP contribution in [0.15, 0.2) is 18.2 Å². The van der Waals surface area contributed by atoms with Crippen LogP contribution >= 0.6 is 0 Å². The maximum absolute atomic E-state index is 13.9. The van der Waals surface area contributed by atoms with Crippen molar-refractivity contribution in [2.45, 2.75) is 31.5 Å². The van der Waals surface area contributed by atoms with Crippen molar-refractivity contribution in [3.63, 3.8) is 0 Å². The standard InChI is InChI=1S/C15H22F2N4O/c1-9-7-12(20-19-9)15(22)18-8-13(21(2)3)14-10(16)5-4-6-11(14)17/h4-6,9,12-13,19-20H,7-8H2,1-3H3,(H,18,22). The quantitative estimate of drug-likeness (QED) is 0.757. The fourth-order valence-corrected chi connectivity index (χ4v) is 2.58. The molecule has 0 aliphatic carbocycles. The molecule has 0 bridgehead atoms. The summed E-state index contributed by atoms with van der Waals surface area (Å²) in [7, 11) is 3.44. The molecule has 1 amide bonds. The molecule has 3 unspecified atom stereocenters. The molecule has 5 nitrogen and oxygen atoms in total. The van der Waals surface area contributed by atoms with Crippen molar-refractivity contribution in [1.82, 2.24) is 21.1 Å². The number of hydrogen-bond acceptors (Lipinski definition) is 4. The molecule has 1 heterocycles. The van der Waals surface area contributed by atoms with Crippen LogP contribution < -0.4 is 16.2 Å². The van der Waals surface area contributed by atoms with Gasteiger partial charge in [-0.3, -0.25) is 10.2 Å². The zero-order chi connectivity index (χ0) is 16.3. The molecular weight excluding hydrogens is 290 g/mol. The zero-order valence-corrected chi connectivity index (χ0v) is 13.0. The van der Waals surface area contributed by atoms with Crippen LogP contribution in [0.25, 0.3) is 0 Å². The van der Waals surface area contributed by atoms with Crippen LogP contribution in [0.5, 0.6) is 0 Å². The van der Waals surface area contributed by atoms with Crippen LogP contribution in [0.1, 0.15) is 24.9 Å². The smallest absolute Gasteiger partial charge is 0.238 e. The van der Waals surface area contributed by atoms with Gasteiger partial charge in [0.25, 0.3) is 0 Å². The zero-order valence-electron chi connectivity index (χ0n) is 13.0. The first-order valence-corrected chi connectivity index (χ1v) is 7.29. The number of hydrazine groups is 1. The minimum absolute atomic E-state index is 0.0290. The summed E-state index contributed by atoms with van der Waals surface area (Å²) >= 11 is 0. The predicted molar refractivity (Wildman–Crippen MR) is 79.9 cm³/mol. The molecule has 0 saturated carbocycles. The molecule has 22 heavy (non-hydrogen) atoms. The van der Waals surface area contributed by atoms with Gasteiger partial charge in [-0.15, -0.1) is 0 Å². The Labute approximate surface area is 129 Å². The summed E-state index contributed by atoms with van der Waals surface area (Å²) < 4.78 is 27.9. The van der Waals surface area contributed by atoms with Gasteiger partial charge in [-0.2, -0.15) is 0 Å². The van der Waals surface area contributed by atoms with E-state index in [1.54, 1.807) is 19.0 Å². The summed E-state index contributed by atoms with van der Waals surface area (Å²) in [6, 6.07) is 3.08. The van der Waals surface area contributed by atoms with Gasteiger partial charge in [0.2, 0.25) is 5.91 Å². The fraction of sp³-hybridized carbons (Fsp3) is 0.533. The lowest BCUT2D eigenvalue weighted by atomic mass is 10.0. The van der Waals surface area contributed by atoms with Gasteiger partial charge in [0.15, 0.2) is 0 Å². The van der Waals surface area contributed by atoms with E-state index in [-0.39, 0.29) is 30.1 Å². The average molecular weight is 312 g/mol. The Balaban J connectivity index is 2.05.